The summed E-state index contributed by atoms with van der Waals surface area (Å²) in [5.41, 5.74) is 1.94. The summed E-state index contributed by atoms with van der Waals surface area (Å²) in [7, 11) is 1.51. The zero-order valence-electron chi connectivity index (χ0n) is 13.6. The van der Waals surface area contributed by atoms with Crippen molar-refractivity contribution >= 4 is 23.2 Å². The van der Waals surface area contributed by atoms with E-state index in [1.807, 2.05) is 0 Å². The van der Waals surface area contributed by atoms with E-state index < -0.39 is 0 Å². The minimum absolute atomic E-state index is 0.0966. The van der Waals surface area contributed by atoms with Crippen molar-refractivity contribution in [1.82, 2.24) is 9.55 Å². The summed E-state index contributed by atoms with van der Waals surface area (Å²) in [5, 5.41) is 3.22. The SMILES string of the molecule is COc1ccc(Cl)cc1NC(=O)Cn1c(C)nc2c(c1=O)CCC2. The summed E-state index contributed by atoms with van der Waals surface area (Å²) in [6.07, 6.45) is 2.50. The van der Waals surface area contributed by atoms with Gasteiger partial charge < -0.3 is 10.1 Å². The van der Waals surface area contributed by atoms with Crippen LogP contribution in [0, 0.1) is 6.92 Å². The van der Waals surface area contributed by atoms with Crippen molar-refractivity contribution in [2.75, 3.05) is 12.4 Å². The topological polar surface area (TPSA) is 73.2 Å². The molecule has 0 radical (unpaired) electrons. The Morgan fingerprint density at radius 1 is 1.42 bits per heavy atom. The average Bonchev–Trinajstić information content (AvgIpc) is 3.00. The van der Waals surface area contributed by atoms with Crippen LogP contribution >= 0.6 is 11.6 Å². The van der Waals surface area contributed by atoms with Crippen LogP contribution in [0.5, 0.6) is 5.75 Å². The predicted molar refractivity (Wildman–Crippen MR) is 91.9 cm³/mol. The lowest BCUT2D eigenvalue weighted by atomic mass is 10.2. The minimum Gasteiger partial charge on any atom is -0.495 e. The van der Waals surface area contributed by atoms with E-state index in [1.165, 1.54) is 11.7 Å². The predicted octanol–water partition coefficient (Wildman–Crippen LogP) is 2.34. The maximum absolute atomic E-state index is 12.5. The van der Waals surface area contributed by atoms with Gasteiger partial charge in [-0.25, -0.2) is 4.98 Å². The molecule has 0 aliphatic heterocycles. The summed E-state index contributed by atoms with van der Waals surface area (Å²) in [6, 6.07) is 4.95. The van der Waals surface area contributed by atoms with E-state index in [0.717, 1.165) is 30.5 Å². The third kappa shape index (κ3) is 3.14. The van der Waals surface area contributed by atoms with Gasteiger partial charge in [0.2, 0.25) is 5.91 Å². The molecule has 0 unspecified atom stereocenters. The molecule has 1 heterocycles. The molecular weight excluding hydrogens is 330 g/mol. The van der Waals surface area contributed by atoms with Gasteiger partial charge in [-0.3, -0.25) is 14.2 Å². The fraction of sp³-hybridized carbons (Fsp3) is 0.353. The first-order chi connectivity index (χ1) is 11.5. The first kappa shape index (κ1) is 16.5. The van der Waals surface area contributed by atoms with Crippen LogP contribution in [0.25, 0.3) is 0 Å². The number of amides is 1. The summed E-state index contributed by atoms with van der Waals surface area (Å²) in [5.74, 6) is 0.721. The van der Waals surface area contributed by atoms with Gasteiger partial charge in [0.15, 0.2) is 0 Å². The van der Waals surface area contributed by atoms with Crippen LogP contribution in [0.4, 0.5) is 5.69 Å². The van der Waals surface area contributed by atoms with E-state index in [1.54, 1.807) is 25.1 Å². The van der Waals surface area contributed by atoms with Crippen molar-refractivity contribution in [3.63, 3.8) is 0 Å². The third-order valence-corrected chi connectivity index (χ3v) is 4.35. The van der Waals surface area contributed by atoms with Gasteiger partial charge >= 0.3 is 0 Å². The van der Waals surface area contributed by atoms with Gasteiger partial charge in [0.1, 0.15) is 18.1 Å². The van der Waals surface area contributed by atoms with Gasteiger partial charge in [-0.15, -0.1) is 0 Å². The Morgan fingerprint density at radius 2 is 2.21 bits per heavy atom. The number of aryl methyl sites for hydroxylation is 2. The number of benzene rings is 1. The van der Waals surface area contributed by atoms with Crippen molar-refractivity contribution in [3.8, 4) is 5.75 Å². The number of fused-ring (bicyclic) bond motifs is 1. The number of carbonyl (C=O) groups excluding carboxylic acids is 1. The van der Waals surface area contributed by atoms with Gasteiger partial charge in [0.05, 0.1) is 18.5 Å². The molecule has 0 spiro atoms. The summed E-state index contributed by atoms with van der Waals surface area (Å²) in [6.45, 7) is 1.65. The summed E-state index contributed by atoms with van der Waals surface area (Å²) >= 11 is 5.96. The maximum Gasteiger partial charge on any atom is 0.257 e. The fourth-order valence-corrected chi connectivity index (χ4v) is 3.12. The number of carbonyl (C=O) groups is 1. The van der Waals surface area contributed by atoms with E-state index in [0.29, 0.717) is 22.3 Å². The number of aromatic nitrogens is 2. The monoisotopic (exact) mass is 347 g/mol. The van der Waals surface area contributed by atoms with Crippen molar-refractivity contribution in [3.05, 3.63) is 50.7 Å². The molecule has 6 nitrogen and oxygen atoms in total. The second-order valence-electron chi connectivity index (χ2n) is 5.72. The number of hydrogen-bond acceptors (Lipinski definition) is 4. The Kier molecular flexibility index (Phi) is 4.57. The zero-order valence-corrected chi connectivity index (χ0v) is 14.3. The molecule has 1 amide bonds. The zero-order chi connectivity index (χ0) is 17.3. The van der Waals surface area contributed by atoms with Crippen molar-refractivity contribution in [2.45, 2.75) is 32.7 Å². The minimum atomic E-state index is -0.333. The van der Waals surface area contributed by atoms with Gasteiger partial charge in [0.25, 0.3) is 5.56 Å². The van der Waals surface area contributed by atoms with E-state index in [4.69, 9.17) is 16.3 Å². The molecular formula is C17H18ClN3O3. The number of nitrogens with one attached hydrogen (secondary N) is 1. The van der Waals surface area contributed by atoms with Crippen LogP contribution in [0.15, 0.2) is 23.0 Å². The van der Waals surface area contributed by atoms with E-state index in [9.17, 15) is 9.59 Å². The molecule has 1 aromatic heterocycles. The van der Waals surface area contributed by atoms with Gasteiger partial charge in [-0.05, 0) is 44.4 Å². The second-order valence-corrected chi connectivity index (χ2v) is 6.16. The second kappa shape index (κ2) is 6.65. The molecule has 1 aliphatic carbocycles. The highest BCUT2D eigenvalue weighted by molar-refractivity contribution is 6.31. The van der Waals surface area contributed by atoms with Crippen LogP contribution in [-0.4, -0.2) is 22.6 Å². The Morgan fingerprint density at radius 3 is 2.96 bits per heavy atom. The third-order valence-electron chi connectivity index (χ3n) is 4.12. The summed E-state index contributed by atoms with van der Waals surface area (Å²) < 4.78 is 6.62. The van der Waals surface area contributed by atoms with Crippen molar-refractivity contribution in [1.29, 1.82) is 0 Å². The molecule has 3 rings (SSSR count). The first-order valence-electron chi connectivity index (χ1n) is 7.72. The van der Waals surface area contributed by atoms with Crippen molar-refractivity contribution < 1.29 is 9.53 Å². The quantitative estimate of drug-likeness (QED) is 0.921. The highest BCUT2D eigenvalue weighted by Crippen LogP contribution is 2.27. The number of nitrogens with zero attached hydrogens (tertiary/aromatic N) is 2. The Bertz CT molecular complexity index is 861. The standard InChI is InChI=1S/C17H18ClN3O3/c1-10-19-13-5-3-4-12(13)17(23)21(10)9-16(22)20-14-8-11(18)6-7-15(14)24-2/h6-8H,3-5,9H2,1-2H3,(H,20,22). The van der Waals surface area contributed by atoms with E-state index in [-0.39, 0.29) is 18.0 Å². The first-order valence-corrected chi connectivity index (χ1v) is 8.10. The number of rotatable bonds is 4. The molecule has 24 heavy (non-hydrogen) atoms. The van der Waals surface area contributed by atoms with Crippen LogP contribution in [-0.2, 0) is 24.2 Å². The number of ether oxygens (including phenoxy) is 1. The number of halogens is 1. The van der Waals surface area contributed by atoms with Gasteiger partial charge in [0, 0.05) is 10.6 Å². The molecule has 7 heteroatoms. The molecule has 126 valence electrons. The van der Waals surface area contributed by atoms with Crippen LogP contribution < -0.4 is 15.6 Å². The number of methoxy groups -OCH3 is 1. The average molecular weight is 348 g/mol. The van der Waals surface area contributed by atoms with Gasteiger partial charge in [-0.2, -0.15) is 0 Å². The maximum atomic E-state index is 12.5. The molecule has 0 saturated carbocycles. The molecule has 0 fully saturated rings. The highest BCUT2D eigenvalue weighted by Gasteiger charge is 2.20. The number of anilines is 1. The lowest BCUT2D eigenvalue weighted by Crippen LogP contribution is -2.32. The molecule has 1 N–H and O–H groups in total. The number of hydrogen-bond donors (Lipinski definition) is 1. The van der Waals surface area contributed by atoms with E-state index >= 15 is 0 Å². The molecule has 1 aromatic carbocycles. The normalized spacial score (nSPS) is 12.8. The van der Waals surface area contributed by atoms with Gasteiger partial charge in [-0.1, -0.05) is 11.6 Å². The highest BCUT2D eigenvalue weighted by atomic mass is 35.5. The summed E-state index contributed by atoms with van der Waals surface area (Å²) in [4.78, 5) is 29.4. The molecule has 1 aliphatic rings. The Balaban J connectivity index is 1.84. The lowest BCUT2D eigenvalue weighted by molar-refractivity contribution is -0.116. The Labute approximate surface area is 144 Å². The molecule has 0 bridgehead atoms. The molecule has 0 atom stereocenters. The van der Waals surface area contributed by atoms with Crippen LogP contribution in [0.1, 0.15) is 23.5 Å². The van der Waals surface area contributed by atoms with Crippen molar-refractivity contribution in [2.24, 2.45) is 0 Å². The van der Waals surface area contributed by atoms with Crippen LogP contribution in [0.2, 0.25) is 5.02 Å². The smallest absolute Gasteiger partial charge is 0.257 e. The Hall–Kier alpha value is -2.34. The fourth-order valence-electron chi connectivity index (χ4n) is 2.94. The lowest BCUT2D eigenvalue weighted by Gasteiger charge is -2.13. The van der Waals surface area contributed by atoms with E-state index in [2.05, 4.69) is 10.3 Å². The molecule has 0 saturated heterocycles. The largest absolute Gasteiger partial charge is 0.495 e. The van der Waals surface area contributed by atoms with Crippen LogP contribution in [0.3, 0.4) is 0 Å². The molecule has 2 aromatic rings.